The summed E-state index contributed by atoms with van der Waals surface area (Å²) in [6, 6.07) is 2.46. The van der Waals surface area contributed by atoms with Crippen LogP contribution in [-0.2, 0) is 0 Å². The Kier molecular flexibility index (Phi) is 5.77. The lowest BCUT2D eigenvalue weighted by Gasteiger charge is -2.30. The molecule has 1 heterocycles. The van der Waals surface area contributed by atoms with E-state index in [2.05, 4.69) is 18.0 Å². The molecule has 0 aliphatic carbocycles. The zero-order valence-corrected chi connectivity index (χ0v) is 8.70. The lowest BCUT2D eigenvalue weighted by atomic mass is 9.77. The third kappa shape index (κ3) is 3.38. The van der Waals surface area contributed by atoms with Crippen LogP contribution in [-0.4, -0.2) is 13.1 Å². The molecule has 2 nitrogen and oxygen atoms in total. The average Bonchev–Trinajstić information content (AvgIpc) is 2.16. The van der Waals surface area contributed by atoms with Crippen molar-refractivity contribution >= 4 is 12.4 Å². The highest BCUT2D eigenvalue weighted by Crippen LogP contribution is 2.32. The molecule has 1 saturated heterocycles. The molecular weight excluding hydrogens is 184 g/mol. The molecule has 1 rings (SSSR count). The lowest BCUT2D eigenvalue weighted by molar-refractivity contribution is 0.265. The summed E-state index contributed by atoms with van der Waals surface area (Å²) in [6.07, 6.45) is 5.85. The van der Waals surface area contributed by atoms with Gasteiger partial charge in [-0.3, -0.25) is 0 Å². The number of piperidine rings is 1. The SMILES string of the molecule is C=CCCC1(C#N)CCNCC1.Cl. The molecule has 0 saturated carbocycles. The van der Waals surface area contributed by atoms with Crippen LogP contribution in [0.1, 0.15) is 25.7 Å². The van der Waals surface area contributed by atoms with Gasteiger partial charge in [0.05, 0.1) is 11.5 Å². The van der Waals surface area contributed by atoms with Crippen molar-refractivity contribution in [3.63, 3.8) is 0 Å². The molecule has 13 heavy (non-hydrogen) atoms. The van der Waals surface area contributed by atoms with Gasteiger partial charge in [-0.05, 0) is 38.8 Å². The Morgan fingerprint density at radius 3 is 2.54 bits per heavy atom. The number of nitriles is 1. The molecule has 1 N–H and O–H groups in total. The van der Waals surface area contributed by atoms with Gasteiger partial charge in [-0.1, -0.05) is 6.08 Å². The summed E-state index contributed by atoms with van der Waals surface area (Å²) >= 11 is 0. The Hall–Kier alpha value is -0.520. The van der Waals surface area contributed by atoms with Crippen LogP contribution in [0.3, 0.4) is 0 Å². The number of hydrogen-bond donors (Lipinski definition) is 1. The van der Waals surface area contributed by atoms with Gasteiger partial charge in [-0.15, -0.1) is 19.0 Å². The topological polar surface area (TPSA) is 35.8 Å². The third-order valence-corrected chi connectivity index (χ3v) is 2.62. The summed E-state index contributed by atoms with van der Waals surface area (Å²) in [4.78, 5) is 0. The van der Waals surface area contributed by atoms with E-state index in [1.807, 2.05) is 6.08 Å². The molecule has 1 fully saturated rings. The molecule has 0 amide bonds. The van der Waals surface area contributed by atoms with E-state index in [-0.39, 0.29) is 17.8 Å². The monoisotopic (exact) mass is 200 g/mol. The number of halogens is 1. The Labute approximate surface area is 86.4 Å². The first-order valence-corrected chi connectivity index (χ1v) is 4.56. The summed E-state index contributed by atoms with van der Waals surface area (Å²) in [5.74, 6) is 0. The highest BCUT2D eigenvalue weighted by atomic mass is 35.5. The van der Waals surface area contributed by atoms with Crippen LogP contribution in [0.2, 0.25) is 0 Å². The van der Waals surface area contributed by atoms with Crippen molar-refractivity contribution in [1.82, 2.24) is 5.32 Å². The second kappa shape index (κ2) is 6.01. The fourth-order valence-electron chi connectivity index (χ4n) is 1.70. The van der Waals surface area contributed by atoms with Crippen molar-refractivity contribution in [2.75, 3.05) is 13.1 Å². The first-order valence-electron chi connectivity index (χ1n) is 4.56. The van der Waals surface area contributed by atoms with Crippen molar-refractivity contribution in [2.24, 2.45) is 5.41 Å². The van der Waals surface area contributed by atoms with E-state index < -0.39 is 0 Å². The molecule has 74 valence electrons. The first kappa shape index (κ1) is 12.5. The summed E-state index contributed by atoms with van der Waals surface area (Å²) < 4.78 is 0. The number of rotatable bonds is 3. The van der Waals surface area contributed by atoms with E-state index in [0.29, 0.717) is 0 Å². The van der Waals surface area contributed by atoms with Gasteiger partial charge in [0.1, 0.15) is 0 Å². The Morgan fingerprint density at radius 1 is 1.46 bits per heavy atom. The van der Waals surface area contributed by atoms with Crippen molar-refractivity contribution in [1.29, 1.82) is 5.26 Å². The Morgan fingerprint density at radius 2 is 2.08 bits per heavy atom. The smallest absolute Gasteiger partial charge is 0.0690 e. The molecule has 0 aromatic carbocycles. The minimum Gasteiger partial charge on any atom is -0.317 e. The third-order valence-electron chi connectivity index (χ3n) is 2.62. The summed E-state index contributed by atoms with van der Waals surface area (Å²) in [6.45, 7) is 5.67. The quantitative estimate of drug-likeness (QED) is 0.710. The maximum Gasteiger partial charge on any atom is 0.0690 e. The fourth-order valence-corrected chi connectivity index (χ4v) is 1.70. The van der Waals surface area contributed by atoms with Crippen molar-refractivity contribution in [2.45, 2.75) is 25.7 Å². The second-order valence-electron chi connectivity index (χ2n) is 3.47. The molecule has 0 unspecified atom stereocenters. The van der Waals surface area contributed by atoms with Crippen LogP contribution in [0.4, 0.5) is 0 Å². The fraction of sp³-hybridized carbons (Fsp3) is 0.700. The number of hydrogen-bond acceptors (Lipinski definition) is 2. The van der Waals surface area contributed by atoms with Gasteiger partial charge >= 0.3 is 0 Å². The van der Waals surface area contributed by atoms with Crippen LogP contribution >= 0.6 is 12.4 Å². The van der Waals surface area contributed by atoms with Crippen LogP contribution in [0, 0.1) is 16.7 Å². The maximum absolute atomic E-state index is 9.06. The van der Waals surface area contributed by atoms with E-state index >= 15 is 0 Å². The Bertz CT molecular complexity index is 190. The Balaban J connectivity index is 0.00000144. The molecule has 1 aliphatic rings. The van der Waals surface area contributed by atoms with Gasteiger partial charge in [0.2, 0.25) is 0 Å². The summed E-state index contributed by atoms with van der Waals surface area (Å²) in [5, 5.41) is 12.3. The predicted octanol–water partition coefficient (Wildman–Crippen LogP) is 2.27. The van der Waals surface area contributed by atoms with E-state index in [9.17, 15) is 0 Å². The van der Waals surface area contributed by atoms with E-state index in [1.165, 1.54) is 0 Å². The molecule has 0 radical (unpaired) electrons. The molecule has 0 spiro atoms. The minimum atomic E-state index is -0.0561. The zero-order chi connectivity index (χ0) is 8.86. The van der Waals surface area contributed by atoms with Crippen molar-refractivity contribution in [3.05, 3.63) is 12.7 Å². The predicted molar refractivity (Wildman–Crippen MR) is 56.8 cm³/mol. The number of allylic oxidation sites excluding steroid dienone is 1. The molecule has 0 aromatic heterocycles. The van der Waals surface area contributed by atoms with Gasteiger partial charge in [0.15, 0.2) is 0 Å². The van der Waals surface area contributed by atoms with Crippen molar-refractivity contribution in [3.8, 4) is 6.07 Å². The lowest BCUT2D eigenvalue weighted by Crippen LogP contribution is -2.35. The normalized spacial score (nSPS) is 19.6. The van der Waals surface area contributed by atoms with Gasteiger partial charge in [-0.2, -0.15) is 5.26 Å². The highest BCUT2D eigenvalue weighted by molar-refractivity contribution is 5.85. The standard InChI is InChI=1S/C10H16N2.ClH/c1-2-3-4-10(9-11)5-7-12-8-6-10;/h2,12H,1,3-8H2;1H. The first-order chi connectivity index (χ1) is 5.83. The minimum absolute atomic E-state index is 0. The molecule has 0 aromatic rings. The average molecular weight is 201 g/mol. The molecule has 0 bridgehead atoms. The molecule has 1 aliphatic heterocycles. The number of nitrogens with zero attached hydrogens (tertiary/aromatic N) is 1. The zero-order valence-electron chi connectivity index (χ0n) is 7.88. The van der Waals surface area contributed by atoms with Gasteiger partial charge in [0.25, 0.3) is 0 Å². The van der Waals surface area contributed by atoms with Gasteiger partial charge in [-0.25, -0.2) is 0 Å². The van der Waals surface area contributed by atoms with Crippen molar-refractivity contribution < 1.29 is 0 Å². The highest BCUT2D eigenvalue weighted by Gasteiger charge is 2.30. The summed E-state index contributed by atoms with van der Waals surface area (Å²) in [5.41, 5.74) is -0.0561. The van der Waals surface area contributed by atoms with Crippen LogP contribution in [0.5, 0.6) is 0 Å². The van der Waals surface area contributed by atoms with Crippen LogP contribution in [0.25, 0.3) is 0 Å². The maximum atomic E-state index is 9.06. The van der Waals surface area contributed by atoms with Gasteiger partial charge < -0.3 is 5.32 Å². The number of nitrogens with one attached hydrogen (secondary N) is 1. The second-order valence-corrected chi connectivity index (χ2v) is 3.47. The molecule has 3 heteroatoms. The molecular formula is C10H17ClN2. The summed E-state index contributed by atoms with van der Waals surface area (Å²) in [7, 11) is 0. The van der Waals surface area contributed by atoms with E-state index in [4.69, 9.17) is 5.26 Å². The van der Waals surface area contributed by atoms with Crippen LogP contribution in [0.15, 0.2) is 12.7 Å². The van der Waals surface area contributed by atoms with Gasteiger partial charge in [0, 0.05) is 0 Å². The van der Waals surface area contributed by atoms with Crippen LogP contribution < -0.4 is 5.32 Å². The molecule has 0 atom stereocenters. The van der Waals surface area contributed by atoms with E-state index in [1.54, 1.807) is 0 Å². The van der Waals surface area contributed by atoms with E-state index in [0.717, 1.165) is 38.8 Å². The largest absolute Gasteiger partial charge is 0.317 e.